The predicted octanol–water partition coefficient (Wildman–Crippen LogP) is 0.0683. The summed E-state index contributed by atoms with van der Waals surface area (Å²) in [4.78, 5) is 17.3. The minimum absolute atomic E-state index is 0.0196. The van der Waals surface area contributed by atoms with Crippen LogP contribution in [-0.4, -0.2) is 43.6 Å². The number of rotatable bonds is 1. The van der Waals surface area contributed by atoms with E-state index in [1.54, 1.807) is 7.05 Å². The first-order valence-corrected chi connectivity index (χ1v) is 4.91. The van der Waals surface area contributed by atoms with Gasteiger partial charge in [0.05, 0.1) is 0 Å². The first-order chi connectivity index (χ1) is 6.53. The van der Waals surface area contributed by atoms with Gasteiger partial charge in [0.25, 0.3) is 5.91 Å². The van der Waals surface area contributed by atoms with Gasteiger partial charge in [-0.15, -0.1) is 0 Å². The van der Waals surface area contributed by atoms with Crippen molar-refractivity contribution in [3.8, 4) is 0 Å². The van der Waals surface area contributed by atoms with Crippen LogP contribution in [-0.2, 0) is 14.4 Å². The van der Waals surface area contributed by atoms with Gasteiger partial charge < -0.3 is 4.74 Å². The molecule has 1 unspecified atom stereocenters. The molecule has 2 saturated heterocycles. The molecule has 0 N–H and O–H groups in total. The van der Waals surface area contributed by atoms with Crippen LogP contribution in [0.3, 0.4) is 0 Å². The maximum atomic E-state index is 11.9. The third kappa shape index (κ3) is 0.996. The number of hydrogen-bond acceptors (Lipinski definition) is 3. The number of carbonyl (C=O) groups is 1. The quantitative estimate of drug-likeness (QED) is 0.555. The number of fused-ring (bicyclic) bond motifs is 2. The van der Waals surface area contributed by atoms with Gasteiger partial charge in [-0.05, 0) is 6.42 Å². The summed E-state index contributed by atoms with van der Waals surface area (Å²) in [6.45, 7) is 3.88. The Hall–Kier alpha value is -0.545. The lowest BCUT2D eigenvalue weighted by atomic mass is 9.80. The molecule has 0 aromatic heterocycles. The van der Waals surface area contributed by atoms with Gasteiger partial charge in [-0.25, -0.2) is 5.06 Å². The van der Waals surface area contributed by atoms with Gasteiger partial charge in [-0.3, -0.25) is 9.63 Å². The molecule has 2 radical (unpaired) electrons. The summed E-state index contributed by atoms with van der Waals surface area (Å²) < 4.78 is 5.58. The van der Waals surface area contributed by atoms with Crippen molar-refractivity contribution < 1.29 is 14.4 Å². The molecule has 0 aromatic rings. The first kappa shape index (κ1) is 9.99. The van der Waals surface area contributed by atoms with Crippen molar-refractivity contribution in [2.45, 2.75) is 38.0 Å². The Morgan fingerprint density at radius 1 is 1.64 bits per heavy atom. The molecule has 0 aliphatic carbocycles. The lowest BCUT2D eigenvalue weighted by Crippen LogP contribution is -2.56. The average molecular weight is 195 g/mol. The molecule has 2 heterocycles. The summed E-state index contributed by atoms with van der Waals surface area (Å²) in [7, 11) is 7.37. The molecule has 2 aliphatic heterocycles. The van der Waals surface area contributed by atoms with E-state index >= 15 is 0 Å². The molecule has 2 aliphatic rings. The zero-order chi connectivity index (χ0) is 10.5. The minimum atomic E-state index is -0.767. The number of hydrogen-bond donors (Lipinski definition) is 0. The number of hydroxylamine groups is 2. The van der Waals surface area contributed by atoms with Gasteiger partial charge in [0.2, 0.25) is 0 Å². The average Bonchev–Trinajstić information content (AvgIpc) is 2.34. The fraction of sp³-hybridized carbons (Fsp3) is 0.889. The molecule has 0 saturated carbocycles. The van der Waals surface area contributed by atoms with Crippen LogP contribution in [0.2, 0.25) is 0 Å². The van der Waals surface area contributed by atoms with Crippen molar-refractivity contribution in [3.63, 3.8) is 0 Å². The van der Waals surface area contributed by atoms with Crippen LogP contribution >= 0.6 is 0 Å². The third-order valence-corrected chi connectivity index (χ3v) is 3.35. The molecule has 5 heteroatoms. The molecule has 4 atom stereocenters. The molecule has 0 aromatic carbocycles. The van der Waals surface area contributed by atoms with Crippen molar-refractivity contribution in [2.24, 2.45) is 5.92 Å². The molecule has 2 bridgehead atoms. The summed E-state index contributed by atoms with van der Waals surface area (Å²) in [5.74, 6) is -0.108. The summed E-state index contributed by atoms with van der Waals surface area (Å²) in [6.07, 6.45) is 0.419. The van der Waals surface area contributed by atoms with E-state index in [2.05, 4.69) is 0 Å². The molecule has 0 spiro atoms. The van der Waals surface area contributed by atoms with Crippen LogP contribution in [0, 0.1) is 5.92 Å². The number of likely N-dealkylation sites (N-methyl/N-ethyl adjacent to an activating group) is 1. The largest absolute Gasteiger partial charge is 0.368 e. The molecular weight excluding hydrogens is 181 g/mol. The number of amides is 1. The van der Waals surface area contributed by atoms with E-state index in [4.69, 9.17) is 17.4 Å². The van der Waals surface area contributed by atoms with Gasteiger partial charge in [0.1, 0.15) is 14.0 Å². The topological polar surface area (TPSA) is 38.8 Å². The van der Waals surface area contributed by atoms with E-state index in [0.29, 0.717) is 6.42 Å². The normalized spacial score (nSPS) is 47.2. The van der Waals surface area contributed by atoms with Crippen molar-refractivity contribution >= 4 is 13.8 Å². The van der Waals surface area contributed by atoms with E-state index in [-0.39, 0.29) is 17.9 Å². The standard InChI is InChI=1S/C9H14BNO3/c1-4-9-5(2)6(7(10)13-9)14-11(3)8(9)12/h5-7H,4H2,1-3H3/t5?,6-,7+,9+/m0/s1. The summed E-state index contributed by atoms with van der Waals surface area (Å²) in [6, 6.07) is -0.501. The lowest BCUT2D eigenvalue weighted by Gasteiger charge is -2.39. The molecule has 14 heavy (non-hydrogen) atoms. The zero-order valence-electron chi connectivity index (χ0n) is 8.69. The number of nitrogens with zero attached hydrogens (tertiary/aromatic N) is 1. The van der Waals surface area contributed by atoms with E-state index in [1.165, 1.54) is 5.06 Å². The Morgan fingerprint density at radius 3 is 2.86 bits per heavy atom. The molecule has 2 rings (SSSR count). The summed E-state index contributed by atoms with van der Waals surface area (Å²) in [5.41, 5.74) is -0.767. The van der Waals surface area contributed by atoms with E-state index in [1.807, 2.05) is 13.8 Å². The molecule has 76 valence electrons. The summed E-state index contributed by atoms with van der Waals surface area (Å²) in [5, 5.41) is 1.25. The molecule has 2 fully saturated rings. The van der Waals surface area contributed by atoms with Crippen molar-refractivity contribution in [1.82, 2.24) is 5.06 Å². The van der Waals surface area contributed by atoms with Crippen LogP contribution in [0.15, 0.2) is 0 Å². The second-order valence-electron chi connectivity index (χ2n) is 3.99. The zero-order valence-corrected chi connectivity index (χ0v) is 8.69. The predicted molar refractivity (Wildman–Crippen MR) is 50.5 cm³/mol. The lowest BCUT2D eigenvalue weighted by molar-refractivity contribution is -0.227. The van der Waals surface area contributed by atoms with E-state index < -0.39 is 11.6 Å². The molecular formula is C9H14BNO3. The van der Waals surface area contributed by atoms with Crippen LogP contribution in [0.4, 0.5) is 0 Å². The highest BCUT2D eigenvalue weighted by Gasteiger charge is 2.60. The van der Waals surface area contributed by atoms with Gasteiger partial charge in [-0.1, -0.05) is 13.8 Å². The van der Waals surface area contributed by atoms with Crippen molar-refractivity contribution in [3.05, 3.63) is 0 Å². The third-order valence-electron chi connectivity index (χ3n) is 3.35. The second kappa shape index (κ2) is 2.97. The minimum Gasteiger partial charge on any atom is -0.368 e. The Bertz CT molecular complexity index is 273. The van der Waals surface area contributed by atoms with E-state index in [0.717, 1.165) is 0 Å². The second-order valence-corrected chi connectivity index (χ2v) is 3.99. The highest BCUT2D eigenvalue weighted by molar-refractivity contribution is 6.12. The number of ether oxygens (including phenoxy) is 1. The summed E-state index contributed by atoms with van der Waals surface area (Å²) >= 11 is 0. The van der Waals surface area contributed by atoms with Crippen LogP contribution in [0.1, 0.15) is 20.3 Å². The van der Waals surface area contributed by atoms with Gasteiger partial charge >= 0.3 is 0 Å². The Balaban J connectivity index is 2.40. The van der Waals surface area contributed by atoms with Crippen LogP contribution in [0.25, 0.3) is 0 Å². The number of carbonyl (C=O) groups excluding carboxylic acids is 1. The Labute approximate surface area is 84.9 Å². The van der Waals surface area contributed by atoms with E-state index in [9.17, 15) is 4.79 Å². The Kier molecular flexibility index (Phi) is 2.12. The Morgan fingerprint density at radius 2 is 2.29 bits per heavy atom. The molecule has 1 amide bonds. The van der Waals surface area contributed by atoms with Gasteiger partial charge in [0.15, 0.2) is 5.60 Å². The fourth-order valence-electron chi connectivity index (χ4n) is 2.42. The highest BCUT2D eigenvalue weighted by atomic mass is 16.7. The molecule has 4 nitrogen and oxygen atoms in total. The van der Waals surface area contributed by atoms with Crippen molar-refractivity contribution in [2.75, 3.05) is 7.05 Å². The SMILES string of the molecule is [B][C@@H]1O[C@@]2(CC)C(=O)N(C)O[C@H]1C2C. The highest BCUT2D eigenvalue weighted by Crippen LogP contribution is 2.44. The van der Waals surface area contributed by atoms with Crippen molar-refractivity contribution in [1.29, 1.82) is 0 Å². The van der Waals surface area contributed by atoms with Crippen LogP contribution < -0.4 is 0 Å². The monoisotopic (exact) mass is 195 g/mol. The first-order valence-electron chi connectivity index (χ1n) is 4.91. The van der Waals surface area contributed by atoms with Gasteiger partial charge in [0, 0.05) is 19.0 Å². The maximum Gasteiger partial charge on any atom is 0.278 e. The van der Waals surface area contributed by atoms with Gasteiger partial charge in [-0.2, -0.15) is 0 Å². The maximum absolute atomic E-state index is 11.9. The fourth-order valence-corrected chi connectivity index (χ4v) is 2.42. The van der Waals surface area contributed by atoms with Crippen LogP contribution in [0.5, 0.6) is 0 Å². The smallest absolute Gasteiger partial charge is 0.278 e.